The van der Waals surface area contributed by atoms with E-state index in [1.807, 2.05) is 30.3 Å². The Kier molecular flexibility index (Phi) is 6.30. The van der Waals surface area contributed by atoms with Crippen LogP contribution in [-0.2, 0) is 4.79 Å². The Hall–Kier alpha value is -2.19. The van der Waals surface area contributed by atoms with Crippen LogP contribution in [0.25, 0.3) is 5.70 Å². The summed E-state index contributed by atoms with van der Waals surface area (Å²) in [5.41, 5.74) is 1.46. The summed E-state index contributed by atoms with van der Waals surface area (Å²) in [5, 5.41) is 11.7. The summed E-state index contributed by atoms with van der Waals surface area (Å²) < 4.78 is 0.897. The highest BCUT2D eigenvalue weighted by Gasteiger charge is 2.34. The molecule has 1 amide bonds. The number of fused-ring (bicyclic) bond motifs is 2. The fourth-order valence-electron chi connectivity index (χ4n) is 3.37. The predicted molar refractivity (Wildman–Crippen MR) is 119 cm³/mol. The number of hydrazone groups is 1. The van der Waals surface area contributed by atoms with E-state index in [0.29, 0.717) is 10.9 Å². The zero-order valence-electron chi connectivity index (χ0n) is 16.1. The van der Waals surface area contributed by atoms with Crippen LogP contribution in [0.15, 0.2) is 57.3 Å². The van der Waals surface area contributed by atoms with Crippen molar-refractivity contribution in [3.05, 3.63) is 63.3 Å². The average Bonchev–Trinajstić information content (AvgIpc) is 2.73. The molecule has 4 rings (SSSR count). The van der Waals surface area contributed by atoms with Crippen LogP contribution < -0.4 is 15.9 Å². The first-order valence-corrected chi connectivity index (χ1v) is 11.5. The molecule has 8 heteroatoms. The monoisotopic (exact) mass is 471 g/mol. The van der Waals surface area contributed by atoms with Crippen LogP contribution in [0.5, 0.6) is 0 Å². The normalized spacial score (nSPS) is 17.8. The lowest BCUT2D eigenvalue weighted by Gasteiger charge is -2.34. The van der Waals surface area contributed by atoms with E-state index in [-0.39, 0.29) is 5.91 Å². The van der Waals surface area contributed by atoms with Crippen LogP contribution in [0.3, 0.4) is 0 Å². The van der Waals surface area contributed by atoms with Crippen molar-refractivity contribution in [2.45, 2.75) is 38.8 Å². The van der Waals surface area contributed by atoms with Crippen molar-refractivity contribution < 1.29 is 4.79 Å². The number of halogens is 1. The highest BCUT2D eigenvalue weighted by molar-refractivity contribution is 9.10. The van der Waals surface area contributed by atoms with Crippen LogP contribution in [0.4, 0.5) is 0 Å². The van der Waals surface area contributed by atoms with Gasteiger partial charge in [0.1, 0.15) is 5.70 Å². The van der Waals surface area contributed by atoms with E-state index in [4.69, 9.17) is 10.1 Å². The molecule has 1 aromatic heterocycles. The number of unbranched alkanes of at least 4 members (excludes halogenated alkanes) is 3. The molecule has 150 valence electrons. The molecular formula is C21H22BrN5OS. The van der Waals surface area contributed by atoms with Crippen molar-refractivity contribution in [1.29, 1.82) is 0 Å². The lowest BCUT2D eigenvalue weighted by atomic mass is 10.1. The molecule has 1 atom stereocenters. The number of aromatic nitrogens is 1. The van der Waals surface area contributed by atoms with Crippen molar-refractivity contribution in [2.24, 2.45) is 10.1 Å². The van der Waals surface area contributed by atoms with Crippen LogP contribution in [0, 0.1) is 0 Å². The van der Waals surface area contributed by atoms with Gasteiger partial charge in [0, 0.05) is 33.4 Å². The van der Waals surface area contributed by atoms with Crippen LogP contribution >= 0.6 is 27.7 Å². The average molecular weight is 472 g/mol. The summed E-state index contributed by atoms with van der Waals surface area (Å²) in [6.07, 6.45) is 7.82. The highest BCUT2D eigenvalue weighted by atomic mass is 79.9. The Morgan fingerprint density at radius 1 is 1.17 bits per heavy atom. The highest BCUT2D eigenvalue weighted by Crippen LogP contribution is 2.30. The number of amides is 1. The molecule has 0 radical (unpaired) electrons. The van der Waals surface area contributed by atoms with Gasteiger partial charge in [-0.25, -0.2) is 5.01 Å². The quantitative estimate of drug-likeness (QED) is 0.656. The minimum Gasteiger partial charge on any atom is -0.298 e. The van der Waals surface area contributed by atoms with Gasteiger partial charge >= 0.3 is 0 Å². The summed E-state index contributed by atoms with van der Waals surface area (Å²) in [4.78, 5) is 22.1. The van der Waals surface area contributed by atoms with Gasteiger partial charge in [-0.1, -0.05) is 53.9 Å². The van der Waals surface area contributed by atoms with Gasteiger partial charge in [0.15, 0.2) is 11.3 Å². The number of hydrogen-bond acceptors (Lipinski definition) is 6. The molecule has 29 heavy (non-hydrogen) atoms. The number of amidine groups is 1. The van der Waals surface area contributed by atoms with Crippen molar-refractivity contribution in [2.75, 3.05) is 5.75 Å². The van der Waals surface area contributed by atoms with Gasteiger partial charge in [0.05, 0.1) is 5.36 Å². The van der Waals surface area contributed by atoms with Crippen molar-refractivity contribution >= 4 is 44.5 Å². The molecule has 6 nitrogen and oxygen atoms in total. The fraction of sp³-hybridized carbons (Fsp3) is 0.333. The fourth-order valence-corrected chi connectivity index (χ4v) is 4.58. The number of carbonyl (C=O) groups is 1. The predicted octanol–water partition coefficient (Wildman–Crippen LogP) is 3.30. The molecule has 2 aliphatic heterocycles. The molecule has 2 aromatic rings. The molecule has 0 bridgehead atoms. The first-order valence-electron chi connectivity index (χ1n) is 9.77. The Morgan fingerprint density at radius 2 is 2.00 bits per heavy atom. The van der Waals surface area contributed by atoms with E-state index in [1.54, 1.807) is 29.2 Å². The van der Waals surface area contributed by atoms with Gasteiger partial charge in [0.2, 0.25) is 0 Å². The Labute approximate surface area is 182 Å². The Balaban J connectivity index is 1.72. The van der Waals surface area contributed by atoms with Gasteiger partial charge < -0.3 is 0 Å². The molecule has 2 aliphatic rings. The molecule has 0 fully saturated rings. The first kappa shape index (κ1) is 20.1. The summed E-state index contributed by atoms with van der Waals surface area (Å²) in [7, 11) is 0. The zero-order valence-corrected chi connectivity index (χ0v) is 18.5. The lowest BCUT2D eigenvalue weighted by Crippen LogP contribution is -2.50. The van der Waals surface area contributed by atoms with E-state index in [9.17, 15) is 4.79 Å². The summed E-state index contributed by atoms with van der Waals surface area (Å²) in [6.45, 7) is 2.20. The third kappa shape index (κ3) is 4.38. The molecule has 0 aliphatic carbocycles. The number of nitrogens with zero attached hydrogens (tertiary/aromatic N) is 4. The van der Waals surface area contributed by atoms with E-state index in [2.05, 4.69) is 33.2 Å². The molecular weight excluding hydrogens is 450 g/mol. The number of rotatable bonds is 6. The molecule has 3 heterocycles. The minimum atomic E-state index is -0.400. The largest absolute Gasteiger partial charge is 0.298 e. The third-order valence-corrected chi connectivity index (χ3v) is 6.25. The van der Waals surface area contributed by atoms with Crippen LogP contribution in [-0.4, -0.2) is 26.8 Å². The zero-order chi connectivity index (χ0) is 20.2. The SMILES string of the molecule is CCCCCCSC1=NN2C(=c3cc(Br)ccc3=N[C@@H]2c2ccncc2)C(=O)N1. The number of hydrogen-bond donors (Lipinski definition) is 1. The second kappa shape index (κ2) is 9.09. The van der Waals surface area contributed by atoms with E-state index >= 15 is 0 Å². The number of carbonyl (C=O) groups excluding carboxylic acids is 1. The molecule has 0 saturated carbocycles. The summed E-state index contributed by atoms with van der Waals surface area (Å²) in [5.74, 6) is 0.783. The minimum absolute atomic E-state index is 0.149. The maximum absolute atomic E-state index is 13.1. The second-order valence-corrected chi connectivity index (χ2v) is 8.91. The standard InChI is InChI=1S/C21H22BrN5OS/c1-2-3-4-5-12-29-21-25-20(28)18-16-13-15(22)6-7-17(16)24-19(27(18)26-21)14-8-10-23-11-9-14/h6-11,13,19H,2-5,12H2,1H3,(H,25,26,28)/t19-/m0/s1. The van der Waals surface area contributed by atoms with Gasteiger partial charge in [-0.15, -0.1) is 5.10 Å². The summed E-state index contributed by atoms with van der Waals surface area (Å²) >= 11 is 5.09. The van der Waals surface area contributed by atoms with Gasteiger partial charge in [-0.2, -0.15) is 0 Å². The summed E-state index contributed by atoms with van der Waals surface area (Å²) in [6, 6.07) is 9.60. The van der Waals surface area contributed by atoms with Crippen molar-refractivity contribution in [3.63, 3.8) is 0 Å². The Bertz CT molecular complexity index is 1060. The second-order valence-electron chi connectivity index (χ2n) is 6.91. The molecule has 0 saturated heterocycles. The lowest BCUT2D eigenvalue weighted by molar-refractivity contribution is -0.116. The number of nitrogens with one attached hydrogen (secondary N) is 1. The number of benzene rings is 1. The van der Waals surface area contributed by atoms with Crippen LogP contribution in [0.1, 0.15) is 44.3 Å². The van der Waals surface area contributed by atoms with E-state index < -0.39 is 6.17 Å². The van der Waals surface area contributed by atoms with Gasteiger partial charge in [-0.05, 0) is 36.8 Å². The maximum atomic E-state index is 13.1. The molecule has 1 N–H and O–H groups in total. The van der Waals surface area contributed by atoms with Gasteiger partial charge in [-0.3, -0.25) is 20.1 Å². The number of pyridine rings is 1. The number of thioether (sulfide) groups is 1. The Morgan fingerprint density at radius 3 is 2.79 bits per heavy atom. The maximum Gasteiger partial charge on any atom is 0.276 e. The van der Waals surface area contributed by atoms with E-state index in [0.717, 1.165) is 32.8 Å². The third-order valence-electron chi connectivity index (χ3n) is 4.81. The topological polar surface area (TPSA) is 70.0 Å². The van der Waals surface area contributed by atoms with Crippen molar-refractivity contribution in [3.8, 4) is 0 Å². The van der Waals surface area contributed by atoms with Crippen molar-refractivity contribution in [1.82, 2.24) is 15.3 Å². The first-order chi connectivity index (χ1) is 14.2. The smallest absolute Gasteiger partial charge is 0.276 e. The molecule has 1 aromatic carbocycles. The van der Waals surface area contributed by atoms with Gasteiger partial charge in [0.25, 0.3) is 5.91 Å². The molecule has 0 spiro atoms. The molecule has 0 unspecified atom stereocenters. The van der Waals surface area contributed by atoms with Crippen LogP contribution in [0.2, 0.25) is 0 Å². The van der Waals surface area contributed by atoms with E-state index in [1.165, 1.54) is 19.3 Å².